The third-order valence-electron chi connectivity index (χ3n) is 5.14. The Bertz CT molecular complexity index is 483. The molecule has 1 spiro atoms. The molecule has 1 saturated carbocycles. The van der Waals surface area contributed by atoms with E-state index in [1.807, 2.05) is 12.4 Å². The lowest BCUT2D eigenvalue weighted by Gasteiger charge is -2.48. The average Bonchev–Trinajstić information content (AvgIpc) is 2.86. The summed E-state index contributed by atoms with van der Waals surface area (Å²) in [6, 6.07) is 2.82. The molecule has 3 nitrogen and oxygen atoms in total. The van der Waals surface area contributed by atoms with E-state index in [9.17, 15) is 0 Å². The fourth-order valence-electron chi connectivity index (χ4n) is 4.01. The molecule has 1 aliphatic heterocycles. The molecule has 0 amide bonds. The first kappa shape index (κ1) is 15.4. The zero-order chi connectivity index (χ0) is 14.9. The molecular formula is C17H26BrN3. The van der Waals surface area contributed by atoms with Crippen LogP contribution in [0, 0.1) is 5.92 Å². The van der Waals surface area contributed by atoms with Crippen LogP contribution >= 0.6 is 15.9 Å². The molecule has 1 aliphatic carbocycles. The van der Waals surface area contributed by atoms with Crippen molar-refractivity contribution < 1.29 is 0 Å². The summed E-state index contributed by atoms with van der Waals surface area (Å²) in [4.78, 5) is 7.01. The highest BCUT2D eigenvalue weighted by molar-refractivity contribution is 9.10. The molecule has 3 rings (SSSR count). The van der Waals surface area contributed by atoms with Crippen LogP contribution in [0.1, 0.15) is 45.1 Å². The summed E-state index contributed by atoms with van der Waals surface area (Å²) in [5, 5.41) is 3.89. The number of nitrogens with zero attached hydrogens (tertiary/aromatic N) is 2. The van der Waals surface area contributed by atoms with Crippen LogP contribution in [0.3, 0.4) is 0 Å². The zero-order valence-electron chi connectivity index (χ0n) is 13.1. The molecule has 1 unspecified atom stereocenters. The van der Waals surface area contributed by atoms with E-state index in [1.54, 1.807) is 0 Å². The second kappa shape index (κ2) is 6.35. The summed E-state index contributed by atoms with van der Waals surface area (Å²) in [7, 11) is 0. The predicted molar refractivity (Wildman–Crippen MR) is 90.2 cm³/mol. The number of halogens is 1. The Morgan fingerprint density at radius 3 is 2.81 bits per heavy atom. The lowest BCUT2D eigenvalue weighted by Crippen LogP contribution is -2.63. The van der Waals surface area contributed by atoms with Gasteiger partial charge in [0.2, 0.25) is 0 Å². The van der Waals surface area contributed by atoms with Gasteiger partial charge in [-0.25, -0.2) is 0 Å². The maximum absolute atomic E-state index is 4.32. The minimum Gasteiger partial charge on any atom is -0.308 e. The molecule has 0 aromatic carbocycles. The Kier molecular flexibility index (Phi) is 4.67. The molecule has 2 fully saturated rings. The van der Waals surface area contributed by atoms with Crippen LogP contribution < -0.4 is 5.32 Å². The zero-order valence-corrected chi connectivity index (χ0v) is 14.7. The number of pyridine rings is 1. The molecular weight excluding hydrogens is 326 g/mol. The van der Waals surface area contributed by atoms with Gasteiger partial charge in [0.1, 0.15) is 0 Å². The summed E-state index contributed by atoms with van der Waals surface area (Å²) >= 11 is 3.54. The van der Waals surface area contributed by atoms with Gasteiger partial charge < -0.3 is 5.32 Å². The van der Waals surface area contributed by atoms with E-state index < -0.39 is 0 Å². The molecule has 0 radical (unpaired) electrons. The predicted octanol–water partition coefficient (Wildman–Crippen LogP) is 3.59. The molecule has 116 valence electrons. The molecule has 1 atom stereocenters. The summed E-state index contributed by atoms with van der Waals surface area (Å²) in [6.07, 6.45) is 9.30. The molecule has 2 aliphatic rings. The first-order valence-corrected chi connectivity index (χ1v) is 8.96. The topological polar surface area (TPSA) is 28.2 Å². The number of aromatic nitrogens is 1. The van der Waals surface area contributed by atoms with Crippen LogP contribution in [0.2, 0.25) is 0 Å². The van der Waals surface area contributed by atoms with E-state index in [2.05, 4.69) is 51.0 Å². The molecule has 2 heterocycles. The summed E-state index contributed by atoms with van der Waals surface area (Å²) in [5.41, 5.74) is 1.69. The van der Waals surface area contributed by atoms with Crippen LogP contribution in [0.5, 0.6) is 0 Å². The van der Waals surface area contributed by atoms with Gasteiger partial charge in [-0.15, -0.1) is 0 Å². The number of rotatable bonds is 3. The number of nitrogens with one attached hydrogen (secondary N) is 1. The molecule has 1 saturated heterocycles. The van der Waals surface area contributed by atoms with Gasteiger partial charge in [-0.05, 0) is 46.3 Å². The first-order chi connectivity index (χ1) is 10.1. The van der Waals surface area contributed by atoms with Crippen molar-refractivity contribution in [2.75, 3.05) is 13.1 Å². The van der Waals surface area contributed by atoms with Crippen LogP contribution in [-0.4, -0.2) is 34.6 Å². The van der Waals surface area contributed by atoms with Gasteiger partial charge in [0.15, 0.2) is 0 Å². The fourth-order valence-corrected chi connectivity index (χ4v) is 4.42. The summed E-state index contributed by atoms with van der Waals surface area (Å²) in [5.74, 6) is 0.677. The third-order valence-corrected chi connectivity index (χ3v) is 5.57. The van der Waals surface area contributed by atoms with E-state index in [0.717, 1.165) is 17.6 Å². The van der Waals surface area contributed by atoms with Crippen LogP contribution in [0.15, 0.2) is 22.9 Å². The quantitative estimate of drug-likeness (QED) is 0.901. The lowest BCUT2D eigenvalue weighted by atomic mass is 9.89. The van der Waals surface area contributed by atoms with Crippen LogP contribution in [0.25, 0.3) is 0 Å². The van der Waals surface area contributed by atoms with E-state index in [1.165, 1.54) is 37.8 Å². The van der Waals surface area contributed by atoms with Crippen molar-refractivity contribution in [1.29, 1.82) is 0 Å². The molecule has 1 aromatic heterocycles. The van der Waals surface area contributed by atoms with Crippen LogP contribution in [-0.2, 0) is 6.54 Å². The minimum absolute atomic E-state index is 0.380. The largest absolute Gasteiger partial charge is 0.308 e. The average molecular weight is 352 g/mol. The maximum atomic E-state index is 4.32. The van der Waals surface area contributed by atoms with E-state index >= 15 is 0 Å². The molecule has 0 bridgehead atoms. The minimum atomic E-state index is 0.380. The Balaban J connectivity index is 1.77. The summed E-state index contributed by atoms with van der Waals surface area (Å²) < 4.78 is 1.08. The molecule has 1 aromatic rings. The highest BCUT2D eigenvalue weighted by Gasteiger charge is 2.41. The summed E-state index contributed by atoms with van der Waals surface area (Å²) in [6.45, 7) is 8.00. The highest BCUT2D eigenvalue weighted by Crippen LogP contribution is 2.34. The van der Waals surface area contributed by atoms with Gasteiger partial charge >= 0.3 is 0 Å². The van der Waals surface area contributed by atoms with Gasteiger partial charge in [0.25, 0.3) is 0 Å². The Labute approximate surface area is 136 Å². The standard InChI is InChI=1S/C17H26BrN3/c1-13(2)16-10-20-17(5-3-4-6-17)12-21(16)11-14-7-15(18)9-19-8-14/h7-9,13,16,20H,3-6,10-12H2,1-2H3. The van der Waals surface area contributed by atoms with Crippen molar-refractivity contribution in [2.24, 2.45) is 5.92 Å². The van der Waals surface area contributed by atoms with E-state index in [-0.39, 0.29) is 0 Å². The second-order valence-electron chi connectivity index (χ2n) is 7.10. The second-order valence-corrected chi connectivity index (χ2v) is 8.01. The van der Waals surface area contributed by atoms with Crippen molar-refractivity contribution in [1.82, 2.24) is 15.2 Å². The normalized spacial score (nSPS) is 25.8. The lowest BCUT2D eigenvalue weighted by molar-refractivity contribution is 0.0506. The Morgan fingerprint density at radius 1 is 1.38 bits per heavy atom. The van der Waals surface area contributed by atoms with Gasteiger partial charge in [0.05, 0.1) is 0 Å². The third kappa shape index (κ3) is 3.49. The number of hydrogen-bond donors (Lipinski definition) is 1. The van der Waals surface area contributed by atoms with Gasteiger partial charge in [-0.3, -0.25) is 9.88 Å². The SMILES string of the molecule is CC(C)C1CNC2(CCCC2)CN1Cc1cncc(Br)c1. The molecule has 21 heavy (non-hydrogen) atoms. The van der Waals surface area contributed by atoms with Crippen molar-refractivity contribution in [3.05, 3.63) is 28.5 Å². The Morgan fingerprint density at radius 2 is 2.14 bits per heavy atom. The maximum Gasteiger partial charge on any atom is 0.0410 e. The fraction of sp³-hybridized carbons (Fsp3) is 0.706. The van der Waals surface area contributed by atoms with Crippen LogP contribution in [0.4, 0.5) is 0 Å². The van der Waals surface area contributed by atoms with Gasteiger partial charge in [-0.2, -0.15) is 0 Å². The molecule has 1 N–H and O–H groups in total. The van der Waals surface area contributed by atoms with Crippen molar-refractivity contribution in [3.8, 4) is 0 Å². The number of piperazine rings is 1. The first-order valence-electron chi connectivity index (χ1n) is 8.16. The monoisotopic (exact) mass is 351 g/mol. The smallest absolute Gasteiger partial charge is 0.0410 e. The van der Waals surface area contributed by atoms with Gasteiger partial charge in [0, 0.05) is 48.1 Å². The van der Waals surface area contributed by atoms with E-state index in [4.69, 9.17) is 0 Å². The molecule has 4 heteroatoms. The Hall–Kier alpha value is -0.450. The van der Waals surface area contributed by atoms with Crippen molar-refractivity contribution in [2.45, 2.75) is 57.7 Å². The van der Waals surface area contributed by atoms with Crippen molar-refractivity contribution in [3.63, 3.8) is 0 Å². The van der Waals surface area contributed by atoms with E-state index in [0.29, 0.717) is 17.5 Å². The van der Waals surface area contributed by atoms with Crippen molar-refractivity contribution >= 4 is 15.9 Å². The highest BCUT2D eigenvalue weighted by atomic mass is 79.9. The van der Waals surface area contributed by atoms with Gasteiger partial charge in [-0.1, -0.05) is 26.7 Å². The number of hydrogen-bond acceptors (Lipinski definition) is 3.